The highest BCUT2D eigenvalue weighted by molar-refractivity contribution is 5.75. The van der Waals surface area contributed by atoms with Crippen LogP contribution in [-0.2, 0) is 11.2 Å². The Hall–Kier alpha value is -2.70. The molecule has 0 bridgehead atoms. The number of allylic oxidation sites excluding steroid dienone is 1. The molecule has 0 spiro atoms. The molecule has 5 rings (SSSR count). The molecule has 6 nitrogen and oxygen atoms in total. The van der Waals surface area contributed by atoms with Crippen molar-refractivity contribution in [1.29, 1.82) is 0 Å². The summed E-state index contributed by atoms with van der Waals surface area (Å²) < 4.78 is 7.15. The highest BCUT2D eigenvalue weighted by Gasteiger charge is 2.33. The lowest BCUT2D eigenvalue weighted by atomic mass is 9.84. The van der Waals surface area contributed by atoms with Crippen molar-refractivity contribution in [2.75, 3.05) is 19.0 Å². The van der Waals surface area contributed by atoms with Crippen molar-refractivity contribution in [3.8, 4) is 11.3 Å². The van der Waals surface area contributed by atoms with E-state index in [1.54, 1.807) is 13.3 Å². The van der Waals surface area contributed by atoms with Crippen molar-refractivity contribution in [2.24, 2.45) is 11.8 Å². The van der Waals surface area contributed by atoms with Gasteiger partial charge in [-0.05, 0) is 60.8 Å². The Labute approximate surface area is 183 Å². The Morgan fingerprint density at radius 1 is 1.26 bits per heavy atom. The summed E-state index contributed by atoms with van der Waals surface area (Å²) in [6.45, 7) is 5.10. The summed E-state index contributed by atoms with van der Waals surface area (Å²) in [6, 6.07) is 8.32. The molecule has 3 aromatic rings. The van der Waals surface area contributed by atoms with Crippen molar-refractivity contribution in [3.05, 3.63) is 53.2 Å². The van der Waals surface area contributed by atoms with Crippen molar-refractivity contribution < 1.29 is 9.84 Å². The van der Waals surface area contributed by atoms with E-state index < -0.39 is 6.10 Å². The van der Waals surface area contributed by atoms with Gasteiger partial charge < -0.3 is 15.2 Å². The second-order valence-corrected chi connectivity index (χ2v) is 9.10. The van der Waals surface area contributed by atoms with E-state index in [0.717, 1.165) is 36.4 Å². The zero-order chi connectivity index (χ0) is 21.5. The van der Waals surface area contributed by atoms with Gasteiger partial charge in [0, 0.05) is 31.5 Å². The van der Waals surface area contributed by atoms with E-state index in [0.29, 0.717) is 18.4 Å². The number of aliphatic hydroxyl groups is 1. The molecule has 162 valence electrons. The molecule has 2 aromatic heterocycles. The number of methoxy groups -OCH3 is 1. The summed E-state index contributed by atoms with van der Waals surface area (Å²) in [5.41, 5.74) is 6.89. The number of aryl methyl sites for hydroxylation is 1. The molecule has 1 fully saturated rings. The first kappa shape index (κ1) is 20.2. The quantitative estimate of drug-likeness (QED) is 0.653. The number of anilines is 1. The molecular weight excluding hydrogens is 388 g/mol. The Morgan fingerprint density at radius 3 is 2.97 bits per heavy atom. The molecule has 2 N–H and O–H groups in total. The Bertz CT molecular complexity index is 1140. The minimum absolute atomic E-state index is 0.0171. The maximum atomic E-state index is 10.5. The lowest BCUT2D eigenvalue weighted by Crippen LogP contribution is -2.29. The second kappa shape index (κ2) is 8.09. The monoisotopic (exact) mass is 418 g/mol. The Balaban J connectivity index is 1.50. The fourth-order valence-electron chi connectivity index (χ4n) is 5.10. The number of nitrogens with zero attached hydrogens (tertiary/aromatic N) is 3. The summed E-state index contributed by atoms with van der Waals surface area (Å²) >= 11 is 0. The van der Waals surface area contributed by atoms with Gasteiger partial charge in [-0.2, -0.15) is 9.61 Å². The second-order valence-electron chi connectivity index (χ2n) is 9.10. The molecular formula is C25H30N4O2. The first-order valence-electron chi connectivity index (χ1n) is 11.1. The smallest absolute Gasteiger partial charge is 0.157 e. The Morgan fingerprint density at radius 2 is 2.13 bits per heavy atom. The summed E-state index contributed by atoms with van der Waals surface area (Å²) in [4.78, 5) is 4.53. The third-order valence-corrected chi connectivity index (χ3v) is 6.69. The highest BCUT2D eigenvalue weighted by atomic mass is 16.5. The molecule has 2 aliphatic rings. The first-order chi connectivity index (χ1) is 15.0. The van der Waals surface area contributed by atoms with Gasteiger partial charge in [-0.25, -0.2) is 4.98 Å². The van der Waals surface area contributed by atoms with Crippen LogP contribution in [0.15, 0.2) is 36.5 Å². The van der Waals surface area contributed by atoms with Crippen LogP contribution >= 0.6 is 0 Å². The van der Waals surface area contributed by atoms with Crippen LogP contribution in [0.4, 0.5) is 5.82 Å². The normalized spacial score (nSPS) is 25.2. The van der Waals surface area contributed by atoms with E-state index in [1.807, 2.05) is 10.6 Å². The van der Waals surface area contributed by atoms with E-state index in [2.05, 4.69) is 54.5 Å². The summed E-state index contributed by atoms with van der Waals surface area (Å²) in [5.74, 6) is 1.74. The molecule has 0 radical (unpaired) electrons. The van der Waals surface area contributed by atoms with Gasteiger partial charge in [0.1, 0.15) is 5.82 Å². The van der Waals surface area contributed by atoms with Crippen LogP contribution in [0.25, 0.3) is 23.0 Å². The molecule has 1 unspecified atom stereocenters. The van der Waals surface area contributed by atoms with E-state index >= 15 is 0 Å². The largest absolute Gasteiger partial charge is 0.391 e. The van der Waals surface area contributed by atoms with Gasteiger partial charge in [0.25, 0.3) is 0 Å². The third-order valence-electron chi connectivity index (χ3n) is 6.69. The van der Waals surface area contributed by atoms with Crippen LogP contribution in [0.1, 0.15) is 36.5 Å². The van der Waals surface area contributed by atoms with Gasteiger partial charge in [-0.1, -0.05) is 31.2 Å². The van der Waals surface area contributed by atoms with Gasteiger partial charge in [-0.3, -0.25) is 0 Å². The SMILES string of the molecule is COC[C@@H]1C[C@@H](O)[C@H](Nc2ccnc3cc(-c4ccc(C)c5c4CC(C)C=C5)nn23)C1. The number of hydrogen-bond donors (Lipinski definition) is 2. The van der Waals surface area contributed by atoms with Crippen molar-refractivity contribution in [2.45, 2.75) is 45.3 Å². The number of hydrogen-bond acceptors (Lipinski definition) is 5. The van der Waals surface area contributed by atoms with Gasteiger partial charge in [0.05, 0.1) is 17.8 Å². The van der Waals surface area contributed by atoms with E-state index in [1.165, 1.54) is 22.3 Å². The molecule has 6 heteroatoms. The van der Waals surface area contributed by atoms with Crippen molar-refractivity contribution in [3.63, 3.8) is 0 Å². The average Bonchev–Trinajstić information content (AvgIpc) is 3.32. The van der Waals surface area contributed by atoms with Crippen LogP contribution in [0.2, 0.25) is 0 Å². The number of aromatic nitrogens is 3. The fraction of sp³-hybridized carbons (Fsp3) is 0.440. The molecule has 0 saturated heterocycles. The lowest BCUT2D eigenvalue weighted by molar-refractivity contribution is 0.133. The van der Waals surface area contributed by atoms with Crippen molar-refractivity contribution in [1.82, 2.24) is 14.6 Å². The van der Waals surface area contributed by atoms with Crippen molar-refractivity contribution >= 4 is 17.5 Å². The minimum atomic E-state index is -0.393. The van der Waals surface area contributed by atoms with E-state index in [9.17, 15) is 5.11 Å². The first-order valence-corrected chi connectivity index (χ1v) is 11.1. The van der Waals surface area contributed by atoms with Crippen LogP contribution in [0.3, 0.4) is 0 Å². The standard InChI is InChI=1S/C25H30N4O2/c1-15-4-6-18-16(2)5-7-19(20(18)10-15)21-13-25-26-9-8-24(29(25)28-21)27-22-11-17(14-31-3)12-23(22)30/h4-9,13,15,17,22-23,27,30H,10-12,14H2,1-3H3/t15?,17-,22+,23+/m0/s1. The third kappa shape index (κ3) is 3.75. The zero-order valence-electron chi connectivity index (χ0n) is 18.4. The van der Waals surface area contributed by atoms with Gasteiger partial charge in [0.2, 0.25) is 0 Å². The molecule has 31 heavy (non-hydrogen) atoms. The van der Waals surface area contributed by atoms with Crippen LogP contribution in [0.5, 0.6) is 0 Å². The molecule has 1 aromatic carbocycles. The summed E-state index contributed by atoms with van der Waals surface area (Å²) in [6.07, 6.45) is 8.60. The minimum Gasteiger partial charge on any atom is -0.391 e. The molecule has 1 saturated carbocycles. The van der Waals surface area contributed by atoms with Crippen LogP contribution < -0.4 is 5.32 Å². The van der Waals surface area contributed by atoms with Crippen LogP contribution in [0, 0.1) is 18.8 Å². The fourth-order valence-corrected chi connectivity index (χ4v) is 5.10. The number of rotatable bonds is 5. The predicted molar refractivity (Wildman–Crippen MR) is 123 cm³/mol. The van der Waals surface area contributed by atoms with Gasteiger partial charge in [-0.15, -0.1) is 0 Å². The number of aliphatic hydroxyl groups excluding tert-OH is 1. The number of benzene rings is 1. The maximum absolute atomic E-state index is 10.5. The molecule has 4 atom stereocenters. The van der Waals surface area contributed by atoms with E-state index in [-0.39, 0.29) is 6.04 Å². The van der Waals surface area contributed by atoms with Gasteiger partial charge in [0.15, 0.2) is 5.65 Å². The molecule has 0 aliphatic heterocycles. The number of nitrogens with one attached hydrogen (secondary N) is 1. The average molecular weight is 419 g/mol. The zero-order valence-corrected chi connectivity index (χ0v) is 18.4. The maximum Gasteiger partial charge on any atom is 0.157 e. The molecule has 2 aliphatic carbocycles. The predicted octanol–water partition coefficient (Wildman–Crippen LogP) is 4.11. The summed E-state index contributed by atoms with van der Waals surface area (Å²) in [5, 5.41) is 19.0. The molecule has 0 amide bonds. The molecule has 2 heterocycles. The number of fused-ring (bicyclic) bond motifs is 2. The Kier molecular flexibility index (Phi) is 5.28. The summed E-state index contributed by atoms with van der Waals surface area (Å²) in [7, 11) is 1.71. The van der Waals surface area contributed by atoms with Gasteiger partial charge >= 0.3 is 0 Å². The highest BCUT2D eigenvalue weighted by Crippen LogP contribution is 2.35. The van der Waals surface area contributed by atoms with E-state index in [4.69, 9.17) is 9.84 Å². The number of ether oxygens (including phenoxy) is 1. The lowest BCUT2D eigenvalue weighted by Gasteiger charge is -2.20. The van der Waals surface area contributed by atoms with Crippen LogP contribution in [-0.4, -0.2) is 45.6 Å². The topological polar surface area (TPSA) is 71.7 Å².